The van der Waals surface area contributed by atoms with Crippen molar-refractivity contribution >= 4 is 15.7 Å². The van der Waals surface area contributed by atoms with Gasteiger partial charge in [0.1, 0.15) is 0 Å². The summed E-state index contributed by atoms with van der Waals surface area (Å²) < 4.78 is 27.5. The lowest BCUT2D eigenvalue weighted by Gasteiger charge is -2.27. The molecule has 1 aliphatic heterocycles. The van der Waals surface area contributed by atoms with Crippen molar-refractivity contribution in [3.8, 4) is 0 Å². The maximum Gasteiger partial charge on any atom is 0.243 e. The van der Waals surface area contributed by atoms with E-state index in [0.717, 1.165) is 43.5 Å². The Bertz CT molecular complexity index is 621. The molecular formula is C16H24N2O2S. The highest BCUT2D eigenvalue weighted by molar-refractivity contribution is 7.89. The van der Waals surface area contributed by atoms with E-state index in [1.807, 2.05) is 26.0 Å². The van der Waals surface area contributed by atoms with Crippen LogP contribution in [-0.4, -0.2) is 31.9 Å². The number of hydrogen-bond acceptors (Lipinski definition) is 3. The second kappa shape index (κ2) is 5.61. The minimum absolute atomic E-state index is 0.00440. The summed E-state index contributed by atoms with van der Waals surface area (Å²) in [4.78, 5) is 0.444. The predicted octanol–water partition coefficient (Wildman–Crippen LogP) is 2.85. The minimum Gasteiger partial charge on any atom is -0.385 e. The van der Waals surface area contributed by atoms with E-state index < -0.39 is 10.0 Å². The lowest BCUT2D eigenvalue weighted by Crippen LogP contribution is -2.38. The van der Waals surface area contributed by atoms with Crippen LogP contribution in [-0.2, 0) is 16.4 Å². The number of fused-ring (bicyclic) bond motifs is 1. The smallest absolute Gasteiger partial charge is 0.243 e. The molecule has 116 valence electrons. The molecule has 1 aromatic carbocycles. The van der Waals surface area contributed by atoms with Crippen LogP contribution in [0.4, 0.5) is 5.69 Å². The van der Waals surface area contributed by atoms with Crippen molar-refractivity contribution in [2.24, 2.45) is 5.92 Å². The average molecular weight is 308 g/mol. The van der Waals surface area contributed by atoms with E-state index in [2.05, 4.69) is 5.32 Å². The van der Waals surface area contributed by atoms with Crippen molar-refractivity contribution < 1.29 is 8.42 Å². The number of aryl methyl sites for hydroxylation is 1. The Hall–Kier alpha value is -1.07. The van der Waals surface area contributed by atoms with E-state index in [4.69, 9.17) is 0 Å². The molecule has 0 saturated heterocycles. The summed E-state index contributed by atoms with van der Waals surface area (Å²) in [7, 11) is -3.38. The van der Waals surface area contributed by atoms with Gasteiger partial charge in [0.2, 0.25) is 10.0 Å². The molecule has 1 heterocycles. The van der Waals surface area contributed by atoms with Crippen molar-refractivity contribution in [1.29, 1.82) is 0 Å². The van der Waals surface area contributed by atoms with Gasteiger partial charge in [0.15, 0.2) is 0 Å². The highest BCUT2D eigenvalue weighted by atomic mass is 32.2. The summed E-state index contributed by atoms with van der Waals surface area (Å²) in [6.07, 6.45) is 4.34. The van der Waals surface area contributed by atoms with Crippen LogP contribution in [0.2, 0.25) is 0 Å². The first kappa shape index (κ1) is 14.9. The zero-order valence-corrected chi connectivity index (χ0v) is 13.6. The number of sulfonamides is 1. The number of benzene rings is 1. The Kier molecular flexibility index (Phi) is 3.97. The molecule has 0 atom stereocenters. The average Bonchev–Trinajstić information content (AvgIpc) is 3.27. The van der Waals surface area contributed by atoms with Gasteiger partial charge in [-0.2, -0.15) is 4.31 Å². The van der Waals surface area contributed by atoms with Crippen molar-refractivity contribution in [2.75, 3.05) is 18.4 Å². The molecule has 1 aliphatic carbocycles. The first-order chi connectivity index (χ1) is 9.98. The van der Waals surface area contributed by atoms with Crippen molar-refractivity contribution in [3.63, 3.8) is 0 Å². The zero-order valence-electron chi connectivity index (χ0n) is 12.8. The largest absolute Gasteiger partial charge is 0.385 e. The summed E-state index contributed by atoms with van der Waals surface area (Å²) in [6, 6.07) is 5.52. The molecule has 0 unspecified atom stereocenters. The van der Waals surface area contributed by atoms with Gasteiger partial charge in [0, 0.05) is 24.8 Å². The molecule has 1 N–H and O–H groups in total. The fraction of sp³-hybridized carbons (Fsp3) is 0.625. The highest BCUT2D eigenvalue weighted by Gasteiger charge is 2.33. The van der Waals surface area contributed by atoms with E-state index in [0.29, 0.717) is 17.4 Å². The van der Waals surface area contributed by atoms with Gasteiger partial charge in [-0.1, -0.05) is 0 Å². The molecule has 0 radical (unpaired) electrons. The monoisotopic (exact) mass is 308 g/mol. The van der Waals surface area contributed by atoms with Crippen molar-refractivity contribution in [1.82, 2.24) is 4.31 Å². The molecule has 4 nitrogen and oxygen atoms in total. The third kappa shape index (κ3) is 3.09. The van der Waals surface area contributed by atoms with Crippen LogP contribution in [0.15, 0.2) is 23.1 Å². The molecule has 1 fully saturated rings. The Balaban J connectivity index is 1.92. The van der Waals surface area contributed by atoms with Crippen molar-refractivity contribution in [2.45, 2.75) is 50.5 Å². The third-order valence-electron chi connectivity index (χ3n) is 4.33. The van der Waals surface area contributed by atoms with Gasteiger partial charge in [-0.25, -0.2) is 8.42 Å². The molecule has 1 aromatic rings. The Labute approximate surface area is 127 Å². The zero-order chi connectivity index (χ0) is 15.0. The lowest BCUT2D eigenvalue weighted by molar-refractivity contribution is 0.341. The molecule has 0 amide bonds. The summed E-state index contributed by atoms with van der Waals surface area (Å²) in [5.41, 5.74) is 2.20. The van der Waals surface area contributed by atoms with E-state index >= 15 is 0 Å². The molecule has 3 rings (SSSR count). The summed E-state index contributed by atoms with van der Waals surface area (Å²) >= 11 is 0. The third-order valence-corrected chi connectivity index (χ3v) is 6.37. The van der Waals surface area contributed by atoms with Crippen LogP contribution < -0.4 is 5.32 Å². The van der Waals surface area contributed by atoms with E-state index in [-0.39, 0.29) is 6.04 Å². The van der Waals surface area contributed by atoms with Crippen LogP contribution >= 0.6 is 0 Å². The molecule has 2 aliphatic rings. The number of rotatable bonds is 5. The first-order valence-electron chi connectivity index (χ1n) is 7.87. The number of hydrogen-bond donors (Lipinski definition) is 1. The molecule has 21 heavy (non-hydrogen) atoms. The van der Waals surface area contributed by atoms with Crippen molar-refractivity contribution in [3.05, 3.63) is 23.8 Å². The van der Waals surface area contributed by atoms with Gasteiger partial charge in [0.25, 0.3) is 0 Å². The minimum atomic E-state index is -3.38. The SMILES string of the molecule is CC(C)N(CC1CC1)S(=O)(=O)c1ccc2c(c1)CCCN2. The summed E-state index contributed by atoms with van der Waals surface area (Å²) in [5.74, 6) is 0.557. The standard InChI is InChI=1S/C16H24N2O2S/c1-12(2)18(11-13-5-6-13)21(19,20)15-7-8-16-14(10-15)4-3-9-17-16/h7-8,10,12-13,17H,3-6,9,11H2,1-2H3. The van der Waals surface area contributed by atoms with Crippen LogP contribution in [0.5, 0.6) is 0 Å². The van der Waals surface area contributed by atoms with E-state index in [1.54, 1.807) is 10.4 Å². The molecule has 5 heteroatoms. The lowest BCUT2D eigenvalue weighted by atomic mass is 10.0. The maximum absolute atomic E-state index is 12.9. The number of nitrogens with one attached hydrogen (secondary N) is 1. The van der Waals surface area contributed by atoms with Gasteiger partial charge < -0.3 is 5.32 Å². The van der Waals surface area contributed by atoms with Crippen LogP contribution in [0.1, 0.15) is 38.7 Å². The van der Waals surface area contributed by atoms with E-state index in [9.17, 15) is 8.42 Å². The van der Waals surface area contributed by atoms with Crippen LogP contribution in [0.25, 0.3) is 0 Å². The Morgan fingerprint density at radius 3 is 2.76 bits per heavy atom. The fourth-order valence-electron chi connectivity index (χ4n) is 2.89. The summed E-state index contributed by atoms with van der Waals surface area (Å²) in [5, 5.41) is 3.33. The topological polar surface area (TPSA) is 49.4 Å². The van der Waals surface area contributed by atoms with Crippen LogP contribution in [0.3, 0.4) is 0 Å². The number of nitrogens with zero attached hydrogens (tertiary/aromatic N) is 1. The van der Waals surface area contributed by atoms with Gasteiger partial charge in [-0.05, 0) is 69.2 Å². The second-order valence-corrected chi connectivity index (χ2v) is 8.35. The fourth-order valence-corrected chi connectivity index (χ4v) is 4.65. The normalized spacial score (nSPS) is 18.7. The highest BCUT2D eigenvalue weighted by Crippen LogP contribution is 2.33. The second-order valence-electron chi connectivity index (χ2n) is 6.46. The van der Waals surface area contributed by atoms with Gasteiger partial charge in [-0.3, -0.25) is 0 Å². The Morgan fingerprint density at radius 1 is 1.33 bits per heavy atom. The van der Waals surface area contributed by atoms with Gasteiger partial charge in [-0.15, -0.1) is 0 Å². The quantitative estimate of drug-likeness (QED) is 0.910. The maximum atomic E-state index is 12.9. The Morgan fingerprint density at radius 2 is 2.10 bits per heavy atom. The predicted molar refractivity (Wildman–Crippen MR) is 85.0 cm³/mol. The summed E-state index contributed by atoms with van der Waals surface area (Å²) in [6.45, 7) is 5.55. The van der Waals surface area contributed by atoms with E-state index in [1.165, 1.54) is 0 Å². The molecule has 1 saturated carbocycles. The van der Waals surface area contributed by atoms with Gasteiger partial charge >= 0.3 is 0 Å². The molecule has 0 aromatic heterocycles. The molecule has 0 bridgehead atoms. The van der Waals surface area contributed by atoms with Crippen LogP contribution in [0, 0.1) is 5.92 Å². The number of anilines is 1. The van der Waals surface area contributed by atoms with Gasteiger partial charge in [0.05, 0.1) is 4.90 Å². The molecule has 0 spiro atoms. The first-order valence-corrected chi connectivity index (χ1v) is 9.31. The molecular weight excluding hydrogens is 284 g/mol.